The summed E-state index contributed by atoms with van der Waals surface area (Å²) in [7, 11) is -3.16. The fourth-order valence-electron chi connectivity index (χ4n) is 10.5. The predicted octanol–water partition coefficient (Wildman–Crippen LogP) is 3.47. The third kappa shape index (κ3) is 3.34. The molecule has 9 rings (SSSR count). The fourth-order valence-corrected chi connectivity index (χ4v) is 12.2. The summed E-state index contributed by atoms with van der Waals surface area (Å²) in [6.45, 7) is 0. The van der Waals surface area contributed by atoms with Gasteiger partial charge in [0.05, 0.1) is 28.4 Å². The molecule has 0 aromatic carbocycles. The van der Waals surface area contributed by atoms with Gasteiger partial charge in [-0.1, -0.05) is 0 Å². The summed E-state index contributed by atoms with van der Waals surface area (Å²) in [5, 5.41) is 1.60. The lowest BCUT2D eigenvalue weighted by Crippen LogP contribution is -2.64. The maximum atomic E-state index is 14.3. The second-order valence-electron chi connectivity index (χ2n) is 13.6. The lowest BCUT2D eigenvalue weighted by Gasteiger charge is -2.58. The monoisotopic (exact) mass is 474 g/mol. The van der Waals surface area contributed by atoms with Crippen molar-refractivity contribution in [3.8, 4) is 0 Å². The number of carbonyl (C=O) groups excluding carboxylic acids is 2. The molecule has 9 fully saturated rings. The molecule has 0 spiro atoms. The van der Waals surface area contributed by atoms with E-state index in [2.05, 4.69) is 5.43 Å². The Kier molecular flexibility index (Phi) is 4.48. The summed E-state index contributed by atoms with van der Waals surface area (Å²) in [5.41, 5.74) is 2.44. The quantitative estimate of drug-likeness (QED) is 0.635. The molecule has 6 nitrogen and oxygen atoms in total. The van der Waals surface area contributed by atoms with Crippen LogP contribution in [-0.4, -0.2) is 42.8 Å². The lowest BCUT2D eigenvalue weighted by molar-refractivity contribution is -0.171. The highest BCUT2D eigenvalue weighted by atomic mass is 32.2. The lowest BCUT2D eigenvalue weighted by atomic mass is 9.49. The van der Waals surface area contributed by atoms with Gasteiger partial charge in [-0.2, -0.15) is 0 Å². The van der Waals surface area contributed by atoms with Gasteiger partial charge in [-0.3, -0.25) is 15.0 Å². The molecule has 1 N–H and O–H groups in total. The Morgan fingerprint density at radius 1 is 0.697 bits per heavy atom. The number of hydrogen-bond donors (Lipinski definition) is 1. The summed E-state index contributed by atoms with van der Waals surface area (Å²) in [6.07, 6.45) is 13.7. The number of rotatable bonds is 3. The number of hydrogen-bond acceptors (Lipinski definition) is 4. The zero-order valence-electron chi connectivity index (χ0n) is 19.6. The van der Waals surface area contributed by atoms with Gasteiger partial charge in [0.15, 0.2) is 9.84 Å². The molecule has 1 heterocycles. The van der Waals surface area contributed by atoms with Gasteiger partial charge < -0.3 is 0 Å². The largest absolute Gasteiger partial charge is 0.273 e. The Labute approximate surface area is 197 Å². The molecular formula is C26H38N2O4S. The van der Waals surface area contributed by atoms with Gasteiger partial charge in [0.25, 0.3) is 0 Å². The van der Waals surface area contributed by atoms with Crippen LogP contribution in [0.15, 0.2) is 0 Å². The third-order valence-corrected chi connectivity index (χ3v) is 12.8. The van der Waals surface area contributed by atoms with Crippen LogP contribution < -0.4 is 5.43 Å². The molecule has 7 heteroatoms. The van der Waals surface area contributed by atoms with Crippen molar-refractivity contribution in [1.82, 2.24) is 10.4 Å². The van der Waals surface area contributed by atoms with Crippen molar-refractivity contribution in [3.63, 3.8) is 0 Å². The smallest absolute Gasteiger partial charge is 0.247 e. The summed E-state index contributed by atoms with van der Waals surface area (Å²) in [6, 6.07) is -0.409. The molecule has 8 bridgehead atoms. The van der Waals surface area contributed by atoms with E-state index in [-0.39, 0.29) is 34.2 Å². The van der Waals surface area contributed by atoms with E-state index in [1.165, 1.54) is 38.5 Å². The van der Waals surface area contributed by atoms with E-state index >= 15 is 0 Å². The molecule has 8 saturated carbocycles. The molecule has 0 aromatic rings. The number of carbonyl (C=O) groups is 2. The third-order valence-electron chi connectivity index (χ3n) is 11.0. The molecule has 182 valence electrons. The second kappa shape index (κ2) is 6.98. The molecule has 8 aliphatic carbocycles. The predicted molar refractivity (Wildman–Crippen MR) is 123 cm³/mol. The first kappa shape index (κ1) is 21.2. The molecule has 33 heavy (non-hydrogen) atoms. The minimum Gasteiger partial charge on any atom is -0.273 e. The van der Waals surface area contributed by atoms with Crippen molar-refractivity contribution < 1.29 is 18.0 Å². The van der Waals surface area contributed by atoms with E-state index in [1.807, 2.05) is 0 Å². The molecule has 1 aliphatic heterocycles. The van der Waals surface area contributed by atoms with Gasteiger partial charge in [0.2, 0.25) is 11.8 Å². The van der Waals surface area contributed by atoms with Gasteiger partial charge in [-0.25, -0.2) is 13.4 Å². The summed E-state index contributed by atoms with van der Waals surface area (Å²) < 4.78 is 24.7. The van der Waals surface area contributed by atoms with Crippen molar-refractivity contribution in [1.29, 1.82) is 0 Å². The van der Waals surface area contributed by atoms with Crippen molar-refractivity contribution in [2.45, 2.75) is 89.5 Å². The molecule has 1 unspecified atom stereocenters. The highest BCUT2D eigenvalue weighted by molar-refractivity contribution is 7.91. The minimum absolute atomic E-state index is 0.00768. The number of nitrogens with one attached hydrogen (secondary N) is 1. The molecule has 1 saturated heterocycles. The van der Waals surface area contributed by atoms with E-state index in [0.717, 1.165) is 38.5 Å². The Morgan fingerprint density at radius 3 is 1.52 bits per heavy atom. The molecule has 1 atom stereocenters. The van der Waals surface area contributed by atoms with Gasteiger partial charge in [-0.15, -0.1) is 0 Å². The van der Waals surface area contributed by atoms with E-state index in [9.17, 15) is 18.0 Å². The Balaban J connectivity index is 1.18. The average Bonchev–Trinajstić information content (AvgIpc) is 3.09. The van der Waals surface area contributed by atoms with Crippen LogP contribution in [0.4, 0.5) is 0 Å². The van der Waals surface area contributed by atoms with E-state index in [1.54, 1.807) is 5.01 Å². The van der Waals surface area contributed by atoms with Crippen LogP contribution in [0.5, 0.6) is 0 Å². The Bertz CT molecular complexity index is 918. The molecule has 9 aliphatic rings. The molecule has 2 amide bonds. The van der Waals surface area contributed by atoms with Crippen molar-refractivity contribution >= 4 is 21.7 Å². The van der Waals surface area contributed by atoms with E-state index in [0.29, 0.717) is 41.9 Å². The highest BCUT2D eigenvalue weighted by Crippen LogP contribution is 2.62. The van der Waals surface area contributed by atoms with E-state index in [4.69, 9.17) is 0 Å². The molecular weight excluding hydrogens is 436 g/mol. The zero-order chi connectivity index (χ0) is 22.6. The van der Waals surface area contributed by atoms with Crippen LogP contribution in [0, 0.1) is 46.3 Å². The van der Waals surface area contributed by atoms with E-state index < -0.39 is 15.9 Å². The van der Waals surface area contributed by atoms with Crippen LogP contribution in [-0.2, 0) is 19.4 Å². The molecule has 0 aromatic heterocycles. The second-order valence-corrected chi connectivity index (χ2v) is 15.8. The van der Waals surface area contributed by atoms with Crippen LogP contribution in [0.1, 0.15) is 83.5 Å². The first-order chi connectivity index (χ1) is 15.7. The minimum atomic E-state index is -3.16. The van der Waals surface area contributed by atoms with Crippen molar-refractivity contribution in [2.24, 2.45) is 46.3 Å². The Morgan fingerprint density at radius 2 is 1.12 bits per heavy atom. The maximum Gasteiger partial charge on any atom is 0.247 e. The van der Waals surface area contributed by atoms with Gasteiger partial charge in [0.1, 0.15) is 0 Å². The first-order valence-corrected chi connectivity index (χ1v) is 15.4. The maximum absolute atomic E-state index is 14.3. The van der Waals surface area contributed by atoms with Gasteiger partial charge in [0, 0.05) is 0 Å². The number of hydrazine groups is 1. The average molecular weight is 475 g/mol. The topological polar surface area (TPSA) is 83.6 Å². The van der Waals surface area contributed by atoms with Gasteiger partial charge in [-0.05, 0) is 119 Å². The Hall–Kier alpha value is -1.11. The fraction of sp³-hybridized carbons (Fsp3) is 0.923. The number of sulfone groups is 1. The standard InChI is InChI=1S/C26H38N2O4S/c29-23(25-9-16-3-17(10-25)5-18(4-16)11-25)27-28(22-1-2-33(31,32)15-22)24(30)26-12-19-6-20(13-26)8-21(7-19)14-26/h16-22H,1-15H2,(H,27,29). The highest BCUT2D eigenvalue weighted by Gasteiger charge is 2.59. The summed E-state index contributed by atoms with van der Waals surface area (Å²) in [5.74, 6) is 4.03. The summed E-state index contributed by atoms with van der Waals surface area (Å²) in [4.78, 5) is 28.2. The normalized spacial score (nSPS) is 50.5. The van der Waals surface area contributed by atoms with Crippen LogP contribution in [0.25, 0.3) is 0 Å². The van der Waals surface area contributed by atoms with Crippen LogP contribution in [0.3, 0.4) is 0 Å². The van der Waals surface area contributed by atoms with Crippen molar-refractivity contribution in [3.05, 3.63) is 0 Å². The zero-order valence-corrected chi connectivity index (χ0v) is 20.5. The summed E-state index contributed by atoms with van der Waals surface area (Å²) >= 11 is 0. The van der Waals surface area contributed by atoms with Crippen LogP contribution in [0.2, 0.25) is 0 Å². The van der Waals surface area contributed by atoms with Crippen LogP contribution >= 0.6 is 0 Å². The molecule has 0 radical (unpaired) electrons. The van der Waals surface area contributed by atoms with Gasteiger partial charge >= 0.3 is 0 Å². The number of amides is 2. The van der Waals surface area contributed by atoms with Crippen molar-refractivity contribution in [2.75, 3.05) is 11.5 Å². The number of nitrogens with zero attached hydrogens (tertiary/aromatic N) is 1. The first-order valence-electron chi connectivity index (χ1n) is 13.6. The SMILES string of the molecule is O=C(NN(C(=O)C12CC3CC(CC(C3)C1)C2)C1CCS(=O)(=O)C1)C12CC3CC(CC(C3)C1)C2.